The number of carbonyl (C=O) groups excluding carboxylic acids is 1. The van der Waals surface area contributed by atoms with Gasteiger partial charge < -0.3 is 9.30 Å². The van der Waals surface area contributed by atoms with E-state index in [1.807, 2.05) is 30.3 Å². The molecule has 0 unspecified atom stereocenters. The van der Waals surface area contributed by atoms with E-state index in [2.05, 4.69) is 4.98 Å². The van der Waals surface area contributed by atoms with E-state index >= 15 is 0 Å². The minimum absolute atomic E-state index is 0.0712. The molecular weight excluding hydrogens is 371 g/mol. The van der Waals surface area contributed by atoms with Crippen molar-refractivity contribution in [2.45, 2.75) is 6.61 Å². The fourth-order valence-corrected chi connectivity index (χ4v) is 3.27. The first-order valence-corrected chi connectivity index (χ1v) is 9.01. The molecule has 0 aliphatic heterocycles. The molecule has 0 spiro atoms. The molecule has 0 bridgehead atoms. The standard InChI is InChI=1S/C23H17FN2O3/c1-26-21(23(28)29-14-15-6-3-2-4-7-15)19(16-9-11-17(24)12-10-16)18-8-5-13-25-20(18)22(26)27/h2-13H,14H2,1H3. The molecule has 29 heavy (non-hydrogen) atoms. The number of ether oxygens (including phenoxy) is 1. The van der Waals surface area contributed by atoms with Crippen molar-refractivity contribution in [3.05, 3.63) is 100 Å². The monoisotopic (exact) mass is 388 g/mol. The van der Waals surface area contributed by atoms with Gasteiger partial charge >= 0.3 is 5.97 Å². The molecule has 5 nitrogen and oxygen atoms in total. The van der Waals surface area contributed by atoms with E-state index in [-0.39, 0.29) is 17.8 Å². The summed E-state index contributed by atoms with van der Waals surface area (Å²) in [4.78, 5) is 30.0. The minimum atomic E-state index is -0.640. The summed E-state index contributed by atoms with van der Waals surface area (Å²) in [5, 5.41) is 0.508. The third-order valence-electron chi connectivity index (χ3n) is 4.70. The molecule has 0 amide bonds. The van der Waals surface area contributed by atoms with Crippen LogP contribution in [0.2, 0.25) is 0 Å². The van der Waals surface area contributed by atoms with Crippen LogP contribution in [0.15, 0.2) is 77.7 Å². The Morgan fingerprint density at radius 2 is 1.76 bits per heavy atom. The Morgan fingerprint density at radius 1 is 1.03 bits per heavy atom. The number of fused-ring (bicyclic) bond motifs is 1. The van der Waals surface area contributed by atoms with Crippen LogP contribution in [0.3, 0.4) is 0 Å². The lowest BCUT2D eigenvalue weighted by atomic mass is 9.98. The Labute approximate surface area is 166 Å². The van der Waals surface area contributed by atoms with Gasteiger partial charge in [-0.15, -0.1) is 0 Å². The van der Waals surface area contributed by atoms with Gasteiger partial charge in [0.15, 0.2) is 0 Å². The zero-order valence-electron chi connectivity index (χ0n) is 15.6. The second-order valence-corrected chi connectivity index (χ2v) is 6.56. The number of halogens is 1. The molecule has 0 fully saturated rings. The molecule has 4 aromatic rings. The van der Waals surface area contributed by atoms with Crippen LogP contribution in [0.25, 0.3) is 22.0 Å². The summed E-state index contributed by atoms with van der Waals surface area (Å²) < 4.78 is 20.2. The first kappa shape index (κ1) is 18.6. The molecule has 0 aliphatic carbocycles. The third-order valence-corrected chi connectivity index (χ3v) is 4.70. The van der Waals surface area contributed by atoms with Gasteiger partial charge in [-0.25, -0.2) is 9.18 Å². The van der Waals surface area contributed by atoms with Gasteiger partial charge in [-0.2, -0.15) is 0 Å². The highest BCUT2D eigenvalue weighted by molar-refractivity contribution is 6.05. The lowest BCUT2D eigenvalue weighted by Crippen LogP contribution is -2.26. The van der Waals surface area contributed by atoms with Crippen molar-refractivity contribution < 1.29 is 13.9 Å². The maximum absolute atomic E-state index is 13.5. The van der Waals surface area contributed by atoms with Gasteiger partial charge in [0.1, 0.15) is 23.6 Å². The van der Waals surface area contributed by atoms with Crippen molar-refractivity contribution in [2.75, 3.05) is 0 Å². The highest BCUT2D eigenvalue weighted by atomic mass is 19.1. The molecule has 2 aromatic carbocycles. The smallest absolute Gasteiger partial charge is 0.356 e. The molecule has 0 N–H and O–H groups in total. The summed E-state index contributed by atoms with van der Waals surface area (Å²) in [7, 11) is 1.50. The van der Waals surface area contributed by atoms with Crippen molar-refractivity contribution in [3.8, 4) is 11.1 Å². The van der Waals surface area contributed by atoms with Crippen molar-refractivity contribution in [2.24, 2.45) is 7.05 Å². The number of aromatic nitrogens is 2. The Morgan fingerprint density at radius 3 is 2.48 bits per heavy atom. The third kappa shape index (κ3) is 3.52. The van der Waals surface area contributed by atoms with Gasteiger partial charge in [0.2, 0.25) is 0 Å². The molecule has 2 heterocycles. The SMILES string of the molecule is Cn1c(C(=O)OCc2ccccc2)c(-c2ccc(F)cc2)c2cccnc2c1=O. The van der Waals surface area contributed by atoms with Crippen LogP contribution >= 0.6 is 0 Å². The van der Waals surface area contributed by atoms with Gasteiger partial charge in [-0.05, 0) is 29.3 Å². The number of esters is 1. The van der Waals surface area contributed by atoms with Crippen molar-refractivity contribution in [1.29, 1.82) is 0 Å². The van der Waals surface area contributed by atoms with Gasteiger partial charge in [0.25, 0.3) is 5.56 Å². The number of rotatable bonds is 4. The molecular formula is C23H17FN2O3. The van der Waals surface area contributed by atoms with Crippen LogP contribution in [-0.2, 0) is 18.4 Å². The Kier molecular flexibility index (Phi) is 4.91. The van der Waals surface area contributed by atoms with E-state index in [1.54, 1.807) is 24.3 Å². The summed E-state index contributed by atoms with van der Waals surface area (Å²) >= 11 is 0. The summed E-state index contributed by atoms with van der Waals surface area (Å²) in [5.74, 6) is -1.03. The average Bonchev–Trinajstić information content (AvgIpc) is 2.76. The Bertz CT molecular complexity index is 1250. The molecule has 0 atom stereocenters. The second kappa shape index (κ2) is 7.67. The maximum Gasteiger partial charge on any atom is 0.356 e. The van der Waals surface area contributed by atoms with Crippen LogP contribution < -0.4 is 5.56 Å². The van der Waals surface area contributed by atoms with E-state index in [1.165, 1.54) is 29.9 Å². The number of hydrogen-bond donors (Lipinski definition) is 0. The van der Waals surface area contributed by atoms with E-state index in [9.17, 15) is 14.0 Å². The van der Waals surface area contributed by atoms with Crippen molar-refractivity contribution in [1.82, 2.24) is 9.55 Å². The van der Waals surface area contributed by atoms with E-state index in [4.69, 9.17) is 4.74 Å². The minimum Gasteiger partial charge on any atom is -0.456 e. The average molecular weight is 388 g/mol. The number of nitrogens with zero attached hydrogens (tertiary/aromatic N) is 2. The first-order valence-electron chi connectivity index (χ1n) is 9.01. The van der Waals surface area contributed by atoms with Gasteiger partial charge in [0, 0.05) is 24.2 Å². The Hall–Kier alpha value is -3.80. The van der Waals surface area contributed by atoms with Crippen LogP contribution in [0, 0.1) is 5.82 Å². The number of pyridine rings is 2. The second-order valence-electron chi connectivity index (χ2n) is 6.56. The zero-order valence-corrected chi connectivity index (χ0v) is 15.6. The first-order chi connectivity index (χ1) is 14.1. The van der Waals surface area contributed by atoms with Gasteiger partial charge in [0.05, 0.1) is 0 Å². The largest absolute Gasteiger partial charge is 0.456 e. The summed E-state index contributed by atoms with van der Waals surface area (Å²) in [6, 6.07) is 18.4. The fraction of sp³-hybridized carbons (Fsp3) is 0.0870. The lowest BCUT2D eigenvalue weighted by Gasteiger charge is -2.16. The number of hydrogen-bond acceptors (Lipinski definition) is 4. The molecule has 0 saturated heterocycles. The number of benzene rings is 2. The Balaban J connectivity index is 1.89. The molecule has 144 valence electrons. The maximum atomic E-state index is 13.5. The predicted molar refractivity (Wildman–Crippen MR) is 108 cm³/mol. The van der Waals surface area contributed by atoms with E-state index in [0.29, 0.717) is 16.5 Å². The normalized spacial score (nSPS) is 10.8. The van der Waals surface area contributed by atoms with Crippen LogP contribution in [0.5, 0.6) is 0 Å². The molecule has 0 aliphatic rings. The van der Waals surface area contributed by atoms with Crippen LogP contribution in [0.4, 0.5) is 4.39 Å². The highest BCUT2D eigenvalue weighted by Crippen LogP contribution is 2.30. The van der Waals surface area contributed by atoms with Crippen LogP contribution in [-0.4, -0.2) is 15.5 Å². The predicted octanol–water partition coefficient (Wildman–Crippen LogP) is 4.10. The summed E-state index contributed by atoms with van der Waals surface area (Å²) in [6.07, 6.45) is 1.52. The summed E-state index contributed by atoms with van der Waals surface area (Å²) in [5.41, 5.74) is 1.82. The quantitative estimate of drug-likeness (QED) is 0.494. The highest BCUT2D eigenvalue weighted by Gasteiger charge is 2.23. The van der Waals surface area contributed by atoms with E-state index < -0.39 is 17.3 Å². The molecule has 4 rings (SSSR count). The fourth-order valence-electron chi connectivity index (χ4n) is 3.27. The zero-order chi connectivity index (χ0) is 20.4. The number of carbonyl (C=O) groups is 1. The molecule has 0 radical (unpaired) electrons. The van der Waals surface area contributed by atoms with Crippen LogP contribution in [0.1, 0.15) is 16.1 Å². The van der Waals surface area contributed by atoms with Crippen molar-refractivity contribution in [3.63, 3.8) is 0 Å². The van der Waals surface area contributed by atoms with Crippen molar-refractivity contribution >= 4 is 16.9 Å². The lowest BCUT2D eigenvalue weighted by molar-refractivity contribution is 0.0461. The van der Waals surface area contributed by atoms with Gasteiger partial charge in [-0.3, -0.25) is 9.78 Å². The molecule has 2 aromatic heterocycles. The molecule has 6 heteroatoms. The summed E-state index contributed by atoms with van der Waals surface area (Å²) in [6.45, 7) is 0.0712. The van der Waals surface area contributed by atoms with Gasteiger partial charge in [-0.1, -0.05) is 48.5 Å². The topological polar surface area (TPSA) is 61.2 Å². The van der Waals surface area contributed by atoms with E-state index in [0.717, 1.165) is 5.56 Å². The molecule has 0 saturated carbocycles.